The molecule has 0 radical (unpaired) electrons. The van der Waals surface area contributed by atoms with E-state index in [2.05, 4.69) is 10.6 Å². The summed E-state index contributed by atoms with van der Waals surface area (Å²) in [5.74, 6) is -2.45. The maximum Gasteiger partial charge on any atom is 0.397 e. The minimum atomic E-state index is -4.91. The zero-order valence-electron chi connectivity index (χ0n) is 20.2. The highest BCUT2D eigenvalue weighted by molar-refractivity contribution is 7.80. The third-order valence-electron chi connectivity index (χ3n) is 6.84. The number of hydrogen-bond acceptors (Lipinski definition) is 7. The normalized spacial score (nSPS) is 24.2. The first-order valence-corrected chi connectivity index (χ1v) is 13.8. The first kappa shape index (κ1) is 29.3. The molecule has 2 bridgehead atoms. The van der Waals surface area contributed by atoms with Crippen molar-refractivity contribution in [2.75, 3.05) is 13.2 Å². The van der Waals surface area contributed by atoms with Crippen LogP contribution in [-0.4, -0.2) is 55.2 Å². The van der Waals surface area contributed by atoms with Crippen LogP contribution in [0.5, 0.6) is 11.5 Å². The molecular formula is C24H24Cl2F2N2O8S. The summed E-state index contributed by atoms with van der Waals surface area (Å²) < 4.78 is 75.4. The molecule has 0 saturated heterocycles. The lowest BCUT2D eigenvalue weighted by molar-refractivity contribution is -0.135. The minimum absolute atomic E-state index is 0.0440. The van der Waals surface area contributed by atoms with E-state index in [-0.39, 0.29) is 40.8 Å². The van der Waals surface area contributed by atoms with E-state index >= 15 is 0 Å². The third kappa shape index (κ3) is 7.28. The van der Waals surface area contributed by atoms with Gasteiger partial charge in [0.1, 0.15) is 29.2 Å². The van der Waals surface area contributed by atoms with E-state index in [4.69, 9.17) is 36.9 Å². The molecule has 15 heteroatoms. The number of rotatable bonds is 10. The Kier molecular flexibility index (Phi) is 8.57. The molecule has 10 nitrogen and oxygen atoms in total. The van der Waals surface area contributed by atoms with E-state index in [1.807, 2.05) is 0 Å². The van der Waals surface area contributed by atoms with Gasteiger partial charge in [0.15, 0.2) is 13.2 Å². The Morgan fingerprint density at radius 1 is 0.897 bits per heavy atom. The molecule has 2 aromatic carbocycles. The van der Waals surface area contributed by atoms with Gasteiger partial charge in [0.2, 0.25) is 0 Å². The molecule has 5 rings (SSSR count). The number of hydrogen-bond donors (Lipinski definition) is 3. The van der Waals surface area contributed by atoms with E-state index in [1.165, 1.54) is 24.3 Å². The number of nitrogens with one attached hydrogen (secondary N) is 2. The molecule has 3 saturated carbocycles. The van der Waals surface area contributed by atoms with Crippen LogP contribution in [0.15, 0.2) is 36.4 Å². The van der Waals surface area contributed by atoms with Crippen molar-refractivity contribution in [1.29, 1.82) is 0 Å². The van der Waals surface area contributed by atoms with Crippen LogP contribution >= 0.6 is 23.2 Å². The molecule has 0 aliphatic heterocycles. The summed E-state index contributed by atoms with van der Waals surface area (Å²) >= 11 is 11.3. The predicted molar refractivity (Wildman–Crippen MR) is 135 cm³/mol. The third-order valence-corrected chi connectivity index (χ3v) is 7.93. The molecule has 39 heavy (non-hydrogen) atoms. The standard InChI is InChI=1S/C24H24Cl2F2N2O8S/c25-16-3-1-14(9-18(16)27)36-12-21(31)29-23-5-7-24(8-6-23,20(11-23)38-39(33,34)35)30-22(32)13-37-15-2-4-17(26)19(28)10-15/h1-4,9-10,20H,5-8,11-13H2,(H,29,31)(H,30,32)(H,33,34,35)/t20-,23?,24?/m0/s1. The van der Waals surface area contributed by atoms with Crippen molar-refractivity contribution in [2.45, 2.75) is 49.3 Å². The van der Waals surface area contributed by atoms with Crippen LogP contribution in [0.4, 0.5) is 8.78 Å². The van der Waals surface area contributed by atoms with E-state index in [0.29, 0.717) is 12.8 Å². The zero-order valence-corrected chi connectivity index (χ0v) is 22.5. The van der Waals surface area contributed by atoms with Crippen molar-refractivity contribution in [3.8, 4) is 11.5 Å². The first-order valence-electron chi connectivity index (χ1n) is 11.7. The predicted octanol–water partition coefficient (Wildman–Crippen LogP) is 3.61. The lowest BCUT2D eigenvalue weighted by Crippen LogP contribution is -2.71. The molecule has 3 aliphatic rings. The second-order valence-corrected chi connectivity index (χ2v) is 11.3. The number of amides is 2. The van der Waals surface area contributed by atoms with Gasteiger partial charge in [-0.3, -0.25) is 14.1 Å². The number of carbonyl (C=O) groups is 2. The Morgan fingerprint density at radius 2 is 1.38 bits per heavy atom. The fourth-order valence-corrected chi connectivity index (χ4v) is 5.76. The SMILES string of the molecule is O=C(COc1ccc(Cl)c(F)c1)NC12CCC(NC(=O)COc3ccc(Cl)c(F)c3)(CC1)[C@@H](OS(=O)(=O)O)C2. The van der Waals surface area contributed by atoms with E-state index in [9.17, 15) is 31.3 Å². The van der Waals surface area contributed by atoms with Gasteiger partial charge in [-0.2, -0.15) is 8.42 Å². The van der Waals surface area contributed by atoms with E-state index < -0.39 is 64.2 Å². The maximum atomic E-state index is 13.6. The van der Waals surface area contributed by atoms with Gasteiger partial charge in [0.25, 0.3) is 11.8 Å². The number of carbonyl (C=O) groups excluding carboxylic acids is 2. The van der Waals surface area contributed by atoms with Gasteiger partial charge in [-0.1, -0.05) is 23.2 Å². The van der Waals surface area contributed by atoms with Crippen LogP contribution in [0.1, 0.15) is 32.1 Å². The fourth-order valence-electron chi connectivity index (χ4n) is 4.98. The summed E-state index contributed by atoms with van der Waals surface area (Å²) in [6.07, 6.45) is -0.140. The topological polar surface area (TPSA) is 140 Å². The molecule has 3 aliphatic carbocycles. The van der Waals surface area contributed by atoms with Crippen LogP contribution in [0.2, 0.25) is 10.0 Å². The van der Waals surface area contributed by atoms with Crippen LogP contribution in [0.3, 0.4) is 0 Å². The summed E-state index contributed by atoms with van der Waals surface area (Å²) in [7, 11) is -4.91. The summed E-state index contributed by atoms with van der Waals surface area (Å²) in [6, 6.07) is 7.40. The highest BCUT2D eigenvalue weighted by Crippen LogP contribution is 2.48. The molecule has 3 N–H and O–H groups in total. The summed E-state index contributed by atoms with van der Waals surface area (Å²) in [4.78, 5) is 25.4. The Morgan fingerprint density at radius 3 is 1.85 bits per heavy atom. The smallest absolute Gasteiger partial charge is 0.397 e. The second-order valence-electron chi connectivity index (χ2n) is 9.48. The monoisotopic (exact) mass is 608 g/mol. The van der Waals surface area contributed by atoms with Crippen molar-refractivity contribution >= 4 is 45.4 Å². The van der Waals surface area contributed by atoms with Crippen molar-refractivity contribution in [1.82, 2.24) is 10.6 Å². The van der Waals surface area contributed by atoms with Crippen molar-refractivity contribution < 1.29 is 45.0 Å². The minimum Gasteiger partial charge on any atom is -0.484 e. The van der Waals surface area contributed by atoms with Gasteiger partial charge in [-0.25, -0.2) is 13.0 Å². The van der Waals surface area contributed by atoms with Crippen molar-refractivity contribution in [3.63, 3.8) is 0 Å². The molecule has 2 aromatic rings. The second kappa shape index (κ2) is 11.4. The summed E-state index contributed by atoms with van der Waals surface area (Å²) in [6.45, 7) is -0.955. The van der Waals surface area contributed by atoms with Gasteiger partial charge in [-0.15, -0.1) is 0 Å². The molecule has 1 atom stereocenters. The number of halogens is 4. The van der Waals surface area contributed by atoms with Gasteiger partial charge in [0.05, 0.1) is 15.6 Å². The largest absolute Gasteiger partial charge is 0.484 e. The van der Waals surface area contributed by atoms with E-state index in [0.717, 1.165) is 12.1 Å². The van der Waals surface area contributed by atoms with Gasteiger partial charge >= 0.3 is 10.4 Å². The molecule has 212 valence electrons. The Bertz CT molecular complexity index is 1370. The first-order chi connectivity index (χ1) is 18.3. The molecule has 0 unspecified atom stereocenters. The highest BCUT2D eigenvalue weighted by Gasteiger charge is 2.57. The molecular weight excluding hydrogens is 585 g/mol. The quantitative estimate of drug-likeness (QED) is 0.348. The van der Waals surface area contributed by atoms with Crippen LogP contribution in [-0.2, 0) is 24.2 Å². The fraction of sp³-hybridized carbons (Fsp3) is 0.417. The molecule has 0 aromatic heterocycles. The van der Waals surface area contributed by atoms with Gasteiger partial charge < -0.3 is 20.1 Å². The summed E-state index contributed by atoms with van der Waals surface area (Å²) in [5, 5.41) is 5.38. The van der Waals surface area contributed by atoms with Crippen LogP contribution < -0.4 is 20.1 Å². The highest BCUT2D eigenvalue weighted by atomic mass is 35.5. The molecule has 0 spiro atoms. The number of benzene rings is 2. The van der Waals surface area contributed by atoms with Gasteiger partial charge in [-0.05, 0) is 49.9 Å². The van der Waals surface area contributed by atoms with Crippen molar-refractivity contribution in [2.24, 2.45) is 0 Å². The number of ether oxygens (including phenoxy) is 2. The molecule has 3 fully saturated rings. The lowest BCUT2D eigenvalue weighted by Gasteiger charge is -2.56. The van der Waals surface area contributed by atoms with E-state index in [1.54, 1.807) is 0 Å². The Labute approximate surface area is 232 Å². The summed E-state index contributed by atoms with van der Waals surface area (Å²) in [5.41, 5.74) is -2.07. The molecule has 2 amide bonds. The Hall–Kier alpha value is -2.71. The zero-order chi connectivity index (χ0) is 28.4. The van der Waals surface area contributed by atoms with Crippen molar-refractivity contribution in [3.05, 3.63) is 58.1 Å². The lowest BCUT2D eigenvalue weighted by atomic mass is 9.60. The van der Waals surface area contributed by atoms with Crippen LogP contribution in [0.25, 0.3) is 0 Å². The molecule has 0 heterocycles. The number of fused-ring (bicyclic) bond motifs is 3. The Balaban J connectivity index is 1.39. The average Bonchev–Trinajstić information content (AvgIpc) is 2.85. The average molecular weight is 609 g/mol. The van der Waals surface area contributed by atoms with Crippen LogP contribution in [0, 0.1) is 11.6 Å². The maximum absolute atomic E-state index is 13.6. The van der Waals surface area contributed by atoms with Gasteiger partial charge in [0, 0.05) is 24.1 Å².